The first-order chi connectivity index (χ1) is 13.7. The summed E-state index contributed by atoms with van der Waals surface area (Å²) < 4.78 is 0. The summed E-state index contributed by atoms with van der Waals surface area (Å²) in [5, 5.41) is 11.1. The van der Waals surface area contributed by atoms with Gasteiger partial charge < -0.3 is 14.7 Å². The molecule has 0 spiro atoms. The highest BCUT2D eigenvalue weighted by atomic mass is 16.2. The molecule has 10 nitrogen and oxygen atoms in total. The SMILES string of the molecule is CN=Nc1ccc(N(C)c2nc(C)nc(N(C)CNCN(C)C(C)=O)n2)c(C)c1. The number of nitrogens with one attached hydrogen (secondary N) is 1. The summed E-state index contributed by atoms with van der Waals surface area (Å²) in [5.41, 5.74) is 2.82. The first kappa shape index (κ1) is 22.2. The molecule has 10 heteroatoms. The number of nitrogens with zero attached hydrogens (tertiary/aromatic N) is 8. The van der Waals surface area contributed by atoms with Gasteiger partial charge in [0.25, 0.3) is 0 Å². The highest BCUT2D eigenvalue weighted by Gasteiger charge is 2.15. The summed E-state index contributed by atoms with van der Waals surface area (Å²) in [6.45, 7) is 6.31. The topological polar surface area (TPSA) is 102 Å². The summed E-state index contributed by atoms with van der Waals surface area (Å²) in [4.78, 5) is 30.2. The van der Waals surface area contributed by atoms with Crippen molar-refractivity contribution >= 4 is 29.2 Å². The zero-order valence-corrected chi connectivity index (χ0v) is 18.1. The quantitative estimate of drug-likeness (QED) is 0.537. The fraction of sp³-hybridized carbons (Fsp3) is 0.474. The molecule has 156 valence electrons. The molecule has 1 N–H and O–H groups in total. The lowest BCUT2D eigenvalue weighted by atomic mass is 10.1. The van der Waals surface area contributed by atoms with E-state index in [9.17, 15) is 4.79 Å². The maximum Gasteiger partial charge on any atom is 0.234 e. The van der Waals surface area contributed by atoms with Crippen molar-refractivity contribution in [1.82, 2.24) is 25.2 Å². The number of amides is 1. The number of hydrogen-bond donors (Lipinski definition) is 1. The molecule has 0 bridgehead atoms. The highest BCUT2D eigenvalue weighted by Crippen LogP contribution is 2.28. The molecule has 0 atom stereocenters. The van der Waals surface area contributed by atoms with Gasteiger partial charge in [0, 0.05) is 40.8 Å². The third-order valence-corrected chi connectivity index (χ3v) is 4.36. The van der Waals surface area contributed by atoms with Crippen LogP contribution in [0.1, 0.15) is 18.3 Å². The van der Waals surface area contributed by atoms with E-state index >= 15 is 0 Å². The van der Waals surface area contributed by atoms with Gasteiger partial charge in [0.05, 0.1) is 19.0 Å². The molecule has 1 aromatic heterocycles. The Morgan fingerprint density at radius 2 is 1.76 bits per heavy atom. The van der Waals surface area contributed by atoms with E-state index in [1.807, 2.05) is 55.9 Å². The Morgan fingerprint density at radius 1 is 1.07 bits per heavy atom. The normalized spacial score (nSPS) is 11.0. The average molecular weight is 400 g/mol. The van der Waals surface area contributed by atoms with Gasteiger partial charge in [0.2, 0.25) is 17.8 Å². The molecule has 0 aliphatic heterocycles. The fourth-order valence-electron chi connectivity index (χ4n) is 2.64. The average Bonchev–Trinajstić information content (AvgIpc) is 2.67. The lowest BCUT2D eigenvalue weighted by Crippen LogP contribution is -2.40. The fourth-order valence-corrected chi connectivity index (χ4v) is 2.64. The van der Waals surface area contributed by atoms with E-state index in [-0.39, 0.29) is 5.91 Å². The Labute approximate surface area is 171 Å². The van der Waals surface area contributed by atoms with E-state index in [1.165, 1.54) is 6.92 Å². The minimum atomic E-state index is 0.00173. The molecule has 0 fully saturated rings. The number of aryl methyl sites for hydroxylation is 2. The molecule has 2 aromatic rings. The Hall–Kier alpha value is -3.14. The van der Waals surface area contributed by atoms with Crippen molar-refractivity contribution < 1.29 is 4.79 Å². The first-order valence-corrected chi connectivity index (χ1v) is 9.23. The van der Waals surface area contributed by atoms with Gasteiger partial charge in [-0.3, -0.25) is 10.1 Å². The standard InChI is InChI=1S/C19H29N9O/c1-13-10-16(25-20-4)8-9-17(13)28(7)19-23-14(2)22-18(24-19)27(6)12-21-11-26(5)15(3)29/h8-10,21H,11-12H2,1-7H3. The monoisotopic (exact) mass is 399 g/mol. The van der Waals surface area contributed by atoms with Crippen LogP contribution in [0.25, 0.3) is 0 Å². The molecular formula is C19H29N9O. The summed E-state index contributed by atoms with van der Waals surface area (Å²) in [7, 11) is 7.19. The van der Waals surface area contributed by atoms with Crippen LogP contribution in [-0.2, 0) is 4.79 Å². The van der Waals surface area contributed by atoms with Gasteiger partial charge in [0.15, 0.2) is 0 Å². The molecular weight excluding hydrogens is 370 g/mol. The number of aromatic nitrogens is 3. The van der Waals surface area contributed by atoms with Crippen LogP contribution in [0.2, 0.25) is 0 Å². The first-order valence-electron chi connectivity index (χ1n) is 9.23. The van der Waals surface area contributed by atoms with Crippen LogP contribution in [-0.4, -0.2) is 67.3 Å². The Balaban J connectivity index is 2.18. The summed E-state index contributed by atoms with van der Waals surface area (Å²) >= 11 is 0. The van der Waals surface area contributed by atoms with Gasteiger partial charge in [-0.05, 0) is 37.6 Å². The van der Waals surface area contributed by atoms with Crippen LogP contribution in [0.3, 0.4) is 0 Å². The third-order valence-electron chi connectivity index (χ3n) is 4.36. The minimum absolute atomic E-state index is 0.00173. The van der Waals surface area contributed by atoms with E-state index in [4.69, 9.17) is 0 Å². The van der Waals surface area contributed by atoms with Crippen molar-refractivity contribution in [3.63, 3.8) is 0 Å². The van der Waals surface area contributed by atoms with Crippen molar-refractivity contribution in [1.29, 1.82) is 0 Å². The van der Waals surface area contributed by atoms with Crippen LogP contribution < -0.4 is 15.1 Å². The van der Waals surface area contributed by atoms with Gasteiger partial charge in [-0.1, -0.05) is 0 Å². The second-order valence-electron chi connectivity index (χ2n) is 6.79. The largest absolute Gasteiger partial charge is 0.333 e. The van der Waals surface area contributed by atoms with Gasteiger partial charge in [0.1, 0.15) is 5.82 Å². The Bertz CT molecular complexity index is 884. The van der Waals surface area contributed by atoms with Crippen LogP contribution in [0, 0.1) is 13.8 Å². The molecule has 0 aliphatic carbocycles. The molecule has 0 unspecified atom stereocenters. The Kier molecular flexibility index (Phi) is 7.54. The van der Waals surface area contributed by atoms with Crippen LogP contribution in [0.15, 0.2) is 28.4 Å². The molecule has 0 aliphatic rings. The van der Waals surface area contributed by atoms with Crippen LogP contribution in [0.5, 0.6) is 0 Å². The van der Waals surface area contributed by atoms with Crippen molar-refractivity contribution in [2.75, 3.05) is 51.3 Å². The molecule has 1 amide bonds. The maximum atomic E-state index is 11.3. The lowest BCUT2D eigenvalue weighted by molar-refractivity contribution is -0.127. The van der Waals surface area contributed by atoms with Gasteiger partial charge in [-0.15, -0.1) is 0 Å². The van der Waals surface area contributed by atoms with Gasteiger partial charge in [-0.2, -0.15) is 25.2 Å². The summed E-state index contributed by atoms with van der Waals surface area (Å²) in [5.74, 6) is 1.72. The molecule has 0 saturated heterocycles. The van der Waals surface area contributed by atoms with E-state index in [0.29, 0.717) is 31.1 Å². The summed E-state index contributed by atoms with van der Waals surface area (Å²) in [6.07, 6.45) is 0. The zero-order chi connectivity index (χ0) is 21.6. The second-order valence-corrected chi connectivity index (χ2v) is 6.79. The smallest absolute Gasteiger partial charge is 0.234 e. The lowest BCUT2D eigenvalue weighted by Gasteiger charge is -2.24. The number of carbonyl (C=O) groups is 1. The van der Waals surface area contributed by atoms with Crippen LogP contribution in [0.4, 0.5) is 23.3 Å². The number of azo groups is 1. The van der Waals surface area contributed by atoms with Crippen molar-refractivity contribution in [2.45, 2.75) is 20.8 Å². The minimum Gasteiger partial charge on any atom is -0.333 e. The summed E-state index contributed by atoms with van der Waals surface area (Å²) in [6, 6.07) is 5.85. The van der Waals surface area contributed by atoms with E-state index in [0.717, 1.165) is 16.9 Å². The number of anilines is 3. The predicted molar refractivity (Wildman–Crippen MR) is 114 cm³/mol. The van der Waals surface area contributed by atoms with Crippen LogP contribution >= 0.6 is 0 Å². The second kappa shape index (κ2) is 9.87. The predicted octanol–water partition coefficient (Wildman–Crippen LogP) is 2.39. The maximum absolute atomic E-state index is 11.3. The highest BCUT2D eigenvalue weighted by molar-refractivity contribution is 5.72. The molecule has 1 heterocycles. The van der Waals surface area contributed by atoms with Gasteiger partial charge in [-0.25, -0.2) is 0 Å². The number of carbonyl (C=O) groups excluding carboxylic acids is 1. The van der Waals surface area contributed by atoms with Crippen molar-refractivity contribution in [3.05, 3.63) is 29.6 Å². The van der Waals surface area contributed by atoms with Crippen molar-refractivity contribution in [2.24, 2.45) is 10.2 Å². The molecule has 2 rings (SSSR count). The molecule has 29 heavy (non-hydrogen) atoms. The Morgan fingerprint density at radius 3 is 2.38 bits per heavy atom. The number of hydrogen-bond acceptors (Lipinski definition) is 9. The molecule has 0 radical (unpaired) electrons. The third kappa shape index (κ3) is 5.92. The molecule has 1 aromatic carbocycles. The van der Waals surface area contributed by atoms with E-state index in [1.54, 1.807) is 19.0 Å². The number of benzene rings is 1. The van der Waals surface area contributed by atoms with Gasteiger partial charge >= 0.3 is 0 Å². The molecule has 0 saturated carbocycles. The zero-order valence-electron chi connectivity index (χ0n) is 18.1. The number of rotatable bonds is 8. The van der Waals surface area contributed by atoms with E-state index in [2.05, 4.69) is 30.5 Å². The van der Waals surface area contributed by atoms with E-state index < -0.39 is 0 Å². The van der Waals surface area contributed by atoms with Crippen molar-refractivity contribution in [3.8, 4) is 0 Å².